The molecule has 0 radical (unpaired) electrons. The van der Waals surface area contributed by atoms with Crippen molar-refractivity contribution >= 4 is 5.97 Å². The van der Waals surface area contributed by atoms with Crippen LogP contribution in [0.3, 0.4) is 0 Å². The van der Waals surface area contributed by atoms with E-state index in [1.54, 1.807) is 13.2 Å². The number of fused-ring (bicyclic) bond motifs is 1. The number of ether oxygens (including phenoxy) is 5. The number of carbonyl (C=O) groups is 1. The van der Waals surface area contributed by atoms with Crippen molar-refractivity contribution in [3.8, 4) is 23.0 Å². The molecule has 2 aromatic rings. The summed E-state index contributed by atoms with van der Waals surface area (Å²) in [6.07, 6.45) is -0.139. The Bertz CT molecular complexity index is 893. The second-order valence-corrected chi connectivity index (χ2v) is 7.31. The average Bonchev–Trinajstić information content (AvgIpc) is 3.26. The van der Waals surface area contributed by atoms with Crippen LogP contribution in [-0.4, -0.2) is 19.9 Å². The second-order valence-electron chi connectivity index (χ2n) is 7.31. The van der Waals surface area contributed by atoms with Gasteiger partial charge in [-0.2, -0.15) is 0 Å². The molecule has 148 valence electrons. The van der Waals surface area contributed by atoms with Gasteiger partial charge in [0, 0.05) is 6.92 Å². The van der Waals surface area contributed by atoms with E-state index in [9.17, 15) is 4.79 Å². The van der Waals surface area contributed by atoms with Crippen LogP contribution in [0, 0.1) is 11.8 Å². The number of methoxy groups -OCH3 is 1. The molecule has 6 heteroatoms. The Balaban J connectivity index is 1.60. The van der Waals surface area contributed by atoms with Crippen molar-refractivity contribution in [3.05, 3.63) is 47.5 Å². The van der Waals surface area contributed by atoms with Crippen molar-refractivity contribution in [2.24, 2.45) is 11.8 Å². The fourth-order valence-corrected chi connectivity index (χ4v) is 3.91. The first-order valence-corrected chi connectivity index (χ1v) is 9.39. The number of hydrogen-bond donors (Lipinski definition) is 0. The normalized spacial score (nSPS) is 25.6. The number of rotatable bonds is 4. The molecule has 0 aromatic heterocycles. The maximum Gasteiger partial charge on any atom is 0.308 e. The molecule has 2 heterocycles. The predicted molar refractivity (Wildman–Crippen MR) is 102 cm³/mol. The summed E-state index contributed by atoms with van der Waals surface area (Å²) >= 11 is 0. The highest BCUT2D eigenvalue weighted by Gasteiger charge is 2.41. The zero-order chi connectivity index (χ0) is 19.8. The van der Waals surface area contributed by atoms with Crippen molar-refractivity contribution < 1.29 is 28.5 Å². The highest BCUT2D eigenvalue weighted by molar-refractivity contribution is 5.70. The molecule has 4 rings (SSSR count). The van der Waals surface area contributed by atoms with Crippen LogP contribution in [0.2, 0.25) is 0 Å². The molecule has 0 amide bonds. The van der Waals surface area contributed by atoms with Crippen LogP contribution in [0.4, 0.5) is 0 Å². The van der Waals surface area contributed by atoms with Gasteiger partial charge in [-0.1, -0.05) is 26.0 Å². The third-order valence-electron chi connectivity index (χ3n) is 5.57. The first-order valence-electron chi connectivity index (χ1n) is 9.39. The van der Waals surface area contributed by atoms with Crippen molar-refractivity contribution in [2.75, 3.05) is 13.9 Å². The van der Waals surface area contributed by atoms with E-state index < -0.39 is 0 Å². The standard InChI is InChI=1S/C22H24O6/c1-12-13(2)22(16-5-7-17-20(10-16)26-11-25-17)28-21(12)15-6-8-18(27-14(3)23)19(9-15)24-4/h5-10,12-13,21-22H,11H2,1-4H3/t12-,13-,21-,22-/m0/s1. The summed E-state index contributed by atoms with van der Waals surface area (Å²) in [6, 6.07) is 11.5. The molecule has 2 aliphatic heterocycles. The number of hydrogen-bond acceptors (Lipinski definition) is 6. The molecule has 2 aromatic carbocycles. The van der Waals surface area contributed by atoms with Gasteiger partial charge in [0.05, 0.1) is 19.3 Å². The Kier molecular flexibility index (Phi) is 4.89. The Morgan fingerprint density at radius 2 is 1.57 bits per heavy atom. The summed E-state index contributed by atoms with van der Waals surface area (Å²) in [5, 5.41) is 0. The molecular weight excluding hydrogens is 360 g/mol. The molecule has 0 N–H and O–H groups in total. The van der Waals surface area contributed by atoms with Crippen molar-refractivity contribution in [3.63, 3.8) is 0 Å². The smallest absolute Gasteiger partial charge is 0.308 e. The van der Waals surface area contributed by atoms with Gasteiger partial charge in [-0.15, -0.1) is 0 Å². The van der Waals surface area contributed by atoms with Gasteiger partial charge in [0.2, 0.25) is 6.79 Å². The lowest BCUT2D eigenvalue weighted by molar-refractivity contribution is -0.132. The molecule has 0 unspecified atom stereocenters. The van der Waals surface area contributed by atoms with E-state index in [0.29, 0.717) is 23.3 Å². The minimum atomic E-state index is -0.381. The first kappa shape index (κ1) is 18.6. The molecule has 6 nitrogen and oxygen atoms in total. The van der Waals surface area contributed by atoms with Gasteiger partial charge < -0.3 is 23.7 Å². The van der Waals surface area contributed by atoms with Gasteiger partial charge >= 0.3 is 5.97 Å². The summed E-state index contributed by atoms with van der Waals surface area (Å²) in [6.45, 7) is 6.01. The molecule has 4 atom stereocenters. The molecule has 0 bridgehead atoms. The number of carbonyl (C=O) groups excluding carboxylic acids is 1. The highest BCUT2D eigenvalue weighted by atomic mass is 16.7. The zero-order valence-electron chi connectivity index (χ0n) is 16.4. The van der Waals surface area contributed by atoms with E-state index in [4.69, 9.17) is 23.7 Å². The van der Waals surface area contributed by atoms with E-state index in [1.807, 2.05) is 30.3 Å². The fourth-order valence-electron chi connectivity index (χ4n) is 3.91. The lowest BCUT2D eigenvalue weighted by atomic mass is 9.85. The van der Waals surface area contributed by atoms with Gasteiger partial charge in [-0.3, -0.25) is 4.79 Å². The van der Waals surface area contributed by atoms with E-state index in [2.05, 4.69) is 13.8 Å². The average molecular weight is 384 g/mol. The monoisotopic (exact) mass is 384 g/mol. The van der Waals surface area contributed by atoms with Crippen LogP contribution in [0.15, 0.2) is 36.4 Å². The minimum absolute atomic E-state index is 0.0476. The molecule has 1 saturated heterocycles. The molecule has 0 aliphatic carbocycles. The second kappa shape index (κ2) is 7.36. The van der Waals surface area contributed by atoms with E-state index in [1.165, 1.54) is 6.92 Å². The molecular formula is C22H24O6. The Morgan fingerprint density at radius 3 is 2.25 bits per heavy atom. The largest absolute Gasteiger partial charge is 0.493 e. The third kappa shape index (κ3) is 3.29. The third-order valence-corrected chi connectivity index (χ3v) is 5.57. The van der Waals surface area contributed by atoms with Crippen LogP contribution in [0.5, 0.6) is 23.0 Å². The number of esters is 1. The van der Waals surface area contributed by atoms with Crippen LogP contribution in [0.25, 0.3) is 0 Å². The lowest BCUT2D eigenvalue weighted by Crippen LogP contribution is -2.10. The molecule has 2 aliphatic rings. The molecule has 28 heavy (non-hydrogen) atoms. The maximum atomic E-state index is 11.3. The van der Waals surface area contributed by atoms with Gasteiger partial charge in [0.15, 0.2) is 23.0 Å². The fraction of sp³-hybridized carbons (Fsp3) is 0.409. The highest BCUT2D eigenvalue weighted by Crippen LogP contribution is 2.51. The van der Waals surface area contributed by atoms with Crippen LogP contribution in [-0.2, 0) is 9.53 Å². The SMILES string of the molecule is COc1cc([C@H]2O[C@H](c3ccc4c(c3)OCO4)[C@@H](C)[C@@H]2C)ccc1OC(C)=O. The summed E-state index contributed by atoms with van der Waals surface area (Å²) in [4.78, 5) is 11.3. The molecule has 0 spiro atoms. The zero-order valence-corrected chi connectivity index (χ0v) is 16.4. The molecule has 1 fully saturated rings. The van der Waals surface area contributed by atoms with Crippen molar-refractivity contribution in [1.82, 2.24) is 0 Å². The van der Waals surface area contributed by atoms with Crippen LogP contribution < -0.4 is 18.9 Å². The lowest BCUT2D eigenvalue weighted by Gasteiger charge is -2.18. The Labute approximate surface area is 164 Å². The summed E-state index contributed by atoms with van der Waals surface area (Å²) in [7, 11) is 1.56. The topological polar surface area (TPSA) is 63.2 Å². The summed E-state index contributed by atoms with van der Waals surface area (Å²) < 4.78 is 28.0. The molecule has 0 saturated carbocycles. The van der Waals surface area contributed by atoms with Gasteiger partial charge in [0.25, 0.3) is 0 Å². The van der Waals surface area contributed by atoms with E-state index in [0.717, 1.165) is 22.6 Å². The van der Waals surface area contributed by atoms with Gasteiger partial charge in [-0.05, 0) is 47.2 Å². The van der Waals surface area contributed by atoms with Gasteiger partial charge in [-0.25, -0.2) is 0 Å². The predicted octanol–water partition coefficient (Wildman–Crippen LogP) is 4.43. The Hall–Kier alpha value is -2.73. The van der Waals surface area contributed by atoms with Crippen molar-refractivity contribution in [2.45, 2.75) is 33.0 Å². The van der Waals surface area contributed by atoms with Crippen LogP contribution >= 0.6 is 0 Å². The van der Waals surface area contributed by atoms with Crippen molar-refractivity contribution in [1.29, 1.82) is 0 Å². The number of benzene rings is 2. The quantitative estimate of drug-likeness (QED) is 0.574. The Morgan fingerprint density at radius 1 is 0.929 bits per heavy atom. The van der Waals surface area contributed by atoms with Gasteiger partial charge in [0.1, 0.15) is 0 Å². The van der Waals surface area contributed by atoms with Crippen LogP contribution in [0.1, 0.15) is 44.1 Å². The minimum Gasteiger partial charge on any atom is -0.493 e. The van der Waals surface area contributed by atoms with E-state index >= 15 is 0 Å². The summed E-state index contributed by atoms with van der Waals surface area (Å²) in [5.74, 6) is 2.67. The first-order chi connectivity index (χ1) is 13.5. The maximum absolute atomic E-state index is 11.3. The van der Waals surface area contributed by atoms with E-state index in [-0.39, 0.29) is 25.0 Å². The summed E-state index contributed by atoms with van der Waals surface area (Å²) in [5.41, 5.74) is 2.07.